The smallest absolute Gasteiger partial charge is 0.193 e. The molecular weight excluding hydrogens is 511 g/mol. The molecule has 6 nitrogen and oxygen atoms in total. The van der Waals surface area contributed by atoms with Crippen molar-refractivity contribution in [3.63, 3.8) is 0 Å². The maximum atomic E-state index is 12.3. The van der Waals surface area contributed by atoms with E-state index in [4.69, 9.17) is 4.74 Å². The molecule has 1 saturated heterocycles. The van der Waals surface area contributed by atoms with Gasteiger partial charge in [0.15, 0.2) is 5.96 Å². The van der Waals surface area contributed by atoms with Gasteiger partial charge in [-0.05, 0) is 17.7 Å². The lowest BCUT2D eigenvalue weighted by Crippen LogP contribution is -2.53. The first-order valence-corrected chi connectivity index (χ1v) is 11.4. The van der Waals surface area contributed by atoms with E-state index in [0.29, 0.717) is 18.1 Å². The molecule has 0 amide bonds. The van der Waals surface area contributed by atoms with Gasteiger partial charge in [0.05, 0.1) is 7.11 Å². The summed E-state index contributed by atoms with van der Waals surface area (Å²) in [6.07, 6.45) is 0. The van der Waals surface area contributed by atoms with Gasteiger partial charge < -0.3 is 19.9 Å². The van der Waals surface area contributed by atoms with Crippen LogP contribution in [-0.4, -0.2) is 67.7 Å². The molecule has 164 valence electrons. The second-order valence-corrected chi connectivity index (χ2v) is 8.50. The number of anilines is 1. The van der Waals surface area contributed by atoms with Gasteiger partial charge in [-0.3, -0.25) is 9.20 Å². The molecule has 1 N–H and O–H groups in total. The van der Waals surface area contributed by atoms with E-state index in [1.165, 1.54) is 5.69 Å². The average Bonchev–Trinajstić information content (AvgIpc) is 2.77. The number of hydrogen-bond donors (Lipinski definition) is 1. The highest BCUT2D eigenvalue weighted by Crippen LogP contribution is 2.22. The summed E-state index contributed by atoms with van der Waals surface area (Å²) in [5.74, 6) is 2.97. The van der Waals surface area contributed by atoms with E-state index in [9.17, 15) is 4.21 Å². The predicted molar refractivity (Wildman–Crippen MR) is 137 cm³/mol. The third-order valence-corrected chi connectivity index (χ3v) is 6.31. The van der Waals surface area contributed by atoms with Crippen LogP contribution >= 0.6 is 24.0 Å². The van der Waals surface area contributed by atoms with Crippen LogP contribution in [0.4, 0.5) is 5.69 Å². The summed E-state index contributed by atoms with van der Waals surface area (Å²) in [6.45, 7) is 4.29. The van der Waals surface area contributed by atoms with Crippen molar-refractivity contribution in [2.45, 2.75) is 5.75 Å². The Kier molecular flexibility index (Phi) is 10.4. The van der Waals surface area contributed by atoms with E-state index in [1.54, 1.807) is 14.2 Å². The molecule has 2 aromatic rings. The summed E-state index contributed by atoms with van der Waals surface area (Å²) < 4.78 is 17.6. The lowest BCUT2D eigenvalue weighted by Gasteiger charge is -2.37. The fourth-order valence-electron chi connectivity index (χ4n) is 3.42. The van der Waals surface area contributed by atoms with Crippen LogP contribution in [0, 0.1) is 0 Å². The molecule has 0 aromatic heterocycles. The number of nitrogens with one attached hydrogen (secondary N) is 1. The molecular formula is C22H31IN4O2S. The molecule has 1 fully saturated rings. The lowest BCUT2D eigenvalue weighted by atomic mass is 10.2. The van der Waals surface area contributed by atoms with E-state index >= 15 is 0 Å². The van der Waals surface area contributed by atoms with Crippen molar-refractivity contribution in [3.8, 4) is 5.75 Å². The molecule has 2 aromatic carbocycles. The highest BCUT2D eigenvalue weighted by atomic mass is 127. The standard InChI is InChI=1S/C22H30N4O2S.HI/c1-23-22(24-11-16-29(27)18-19-7-4-3-5-8-19)26-14-12-25(13-15-26)20-9-6-10-21(17-20)28-2;/h3-10,17H,11-16,18H2,1-2H3,(H,23,24);1H. The number of piperazine rings is 1. The molecule has 0 radical (unpaired) electrons. The number of nitrogens with zero attached hydrogens (tertiary/aromatic N) is 3. The number of halogens is 1. The van der Waals surface area contributed by atoms with Crippen LogP contribution in [0.3, 0.4) is 0 Å². The van der Waals surface area contributed by atoms with Gasteiger partial charge >= 0.3 is 0 Å². The molecule has 30 heavy (non-hydrogen) atoms. The van der Waals surface area contributed by atoms with Crippen molar-refractivity contribution in [2.24, 2.45) is 4.99 Å². The summed E-state index contributed by atoms with van der Waals surface area (Å²) in [4.78, 5) is 9.03. The maximum absolute atomic E-state index is 12.3. The van der Waals surface area contributed by atoms with Crippen LogP contribution in [-0.2, 0) is 16.6 Å². The van der Waals surface area contributed by atoms with Gasteiger partial charge in [-0.1, -0.05) is 36.4 Å². The van der Waals surface area contributed by atoms with Crippen LogP contribution in [0.25, 0.3) is 0 Å². The topological polar surface area (TPSA) is 57.2 Å². The second-order valence-electron chi connectivity index (χ2n) is 6.92. The maximum Gasteiger partial charge on any atom is 0.193 e. The van der Waals surface area contributed by atoms with Crippen molar-refractivity contribution in [3.05, 3.63) is 60.2 Å². The number of hydrogen-bond acceptors (Lipinski definition) is 4. The molecule has 1 heterocycles. The van der Waals surface area contributed by atoms with Gasteiger partial charge in [0, 0.05) is 73.8 Å². The predicted octanol–water partition coefficient (Wildman–Crippen LogP) is 2.96. The SMILES string of the molecule is CN=C(NCCS(=O)Cc1ccccc1)N1CCN(c2cccc(OC)c2)CC1.I. The molecule has 1 aliphatic heterocycles. The van der Waals surface area contributed by atoms with Crippen molar-refractivity contribution < 1.29 is 8.95 Å². The Morgan fingerprint density at radius 1 is 1.10 bits per heavy atom. The molecule has 8 heteroatoms. The van der Waals surface area contributed by atoms with E-state index in [0.717, 1.165) is 43.5 Å². The largest absolute Gasteiger partial charge is 0.497 e. The van der Waals surface area contributed by atoms with E-state index in [-0.39, 0.29) is 24.0 Å². The van der Waals surface area contributed by atoms with Crippen LogP contribution < -0.4 is 15.0 Å². The molecule has 1 unspecified atom stereocenters. The summed E-state index contributed by atoms with van der Waals surface area (Å²) in [5.41, 5.74) is 2.30. The van der Waals surface area contributed by atoms with E-state index < -0.39 is 10.8 Å². The zero-order valence-electron chi connectivity index (χ0n) is 17.6. The summed E-state index contributed by atoms with van der Waals surface area (Å²) in [5, 5.41) is 3.37. The number of benzene rings is 2. The lowest BCUT2D eigenvalue weighted by molar-refractivity contribution is 0.373. The van der Waals surface area contributed by atoms with Crippen molar-refractivity contribution in [1.82, 2.24) is 10.2 Å². The molecule has 1 aliphatic rings. The number of methoxy groups -OCH3 is 1. The number of aliphatic imine (C=N–C) groups is 1. The van der Waals surface area contributed by atoms with E-state index in [1.807, 2.05) is 42.5 Å². The average molecular weight is 542 g/mol. The van der Waals surface area contributed by atoms with Gasteiger partial charge in [-0.15, -0.1) is 24.0 Å². The molecule has 0 bridgehead atoms. The first kappa shape index (κ1) is 24.5. The second kappa shape index (κ2) is 12.8. The summed E-state index contributed by atoms with van der Waals surface area (Å²) >= 11 is 0. The molecule has 0 spiro atoms. The minimum absolute atomic E-state index is 0. The van der Waals surface area contributed by atoms with Crippen molar-refractivity contribution >= 4 is 46.4 Å². The Morgan fingerprint density at radius 3 is 2.50 bits per heavy atom. The third-order valence-electron chi connectivity index (χ3n) is 4.99. The number of rotatable bonds is 7. The van der Waals surface area contributed by atoms with Crippen molar-refractivity contribution in [2.75, 3.05) is 57.5 Å². The Bertz CT molecular complexity index is 827. The highest BCUT2D eigenvalue weighted by Gasteiger charge is 2.20. The van der Waals surface area contributed by atoms with Crippen molar-refractivity contribution in [1.29, 1.82) is 0 Å². The van der Waals surface area contributed by atoms with Gasteiger partial charge in [-0.25, -0.2) is 0 Å². The Balaban J connectivity index is 0.00000320. The number of guanidine groups is 1. The molecule has 0 aliphatic carbocycles. The van der Waals surface area contributed by atoms with Crippen LogP contribution in [0.5, 0.6) is 5.75 Å². The zero-order chi connectivity index (χ0) is 20.5. The minimum atomic E-state index is -0.884. The number of ether oxygens (including phenoxy) is 1. The minimum Gasteiger partial charge on any atom is -0.497 e. The van der Waals surface area contributed by atoms with Gasteiger partial charge in [-0.2, -0.15) is 0 Å². The monoisotopic (exact) mass is 542 g/mol. The van der Waals surface area contributed by atoms with Crippen LogP contribution in [0.1, 0.15) is 5.56 Å². The quantitative estimate of drug-likeness (QED) is 0.332. The Hall–Kier alpha value is -1.81. The van der Waals surface area contributed by atoms with Gasteiger partial charge in [0.2, 0.25) is 0 Å². The fraction of sp³-hybridized carbons (Fsp3) is 0.409. The van der Waals surface area contributed by atoms with E-state index in [2.05, 4.69) is 32.2 Å². The summed E-state index contributed by atoms with van der Waals surface area (Å²) in [6, 6.07) is 18.2. The molecule has 0 saturated carbocycles. The fourth-order valence-corrected chi connectivity index (χ4v) is 4.46. The van der Waals surface area contributed by atoms with Gasteiger partial charge in [0.1, 0.15) is 5.75 Å². The zero-order valence-corrected chi connectivity index (χ0v) is 20.8. The Labute approximate surface area is 199 Å². The third kappa shape index (κ3) is 7.16. The Morgan fingerprint density at radius 2 is 1.83 bits per heavy atom. The molecule has 1 atom stereocenters. The molecule has 3 rings (SSSR count). The normalized spacial score (nSPS) is 15.3. The van der Waals surface area contributed by atoms with Crippen LogP contribution in [0.15, 0.2) is 59.6 Å². The van der Waals surface area contributed by atoms with Gasteiger partial charge in [0.25, 0.3) is 0 Å². The first-order valence-electron chi connectivity index (χ1n) is 9.93. The first-order chi connectivity index (χ1) is 14.2. The van der Waals surface area contributed by atoms with Crippen LogP contribution in [0.2, 0.25) is 0 Å². The highest BCUT2D eigenvalue weighted by molar-refractivity contribution is 14.0. The summed E-state index contributed by atoms with van der Waals surface area (Å²) in [7, 11) is 2.61.